The molecule has 0 spiro atoms. The minimum atomic E-state index is -0.374. The van der Waals surface area contributed by atoms with Crippen molar-refractivity contribution in [2.24, 2.45) is 0 Å². The van der Waals surface area contributed by atoms with Gasteiger partial charge in [0.25, 0.3) is 0 Å². The minimum absolute atomic E-state index is 0.280. The van der Waals surface area contributed by atoms with Crippen LogP contribution in [0.3, 0.4) is 0 Å². The summed E-state index contributed by atoms with van der Waals surface area (Å²) in [6.45, 7) is 3.47. The molecular weight excluding hydrogens is 294 g/mol. The molecule has 0 atom stereocenters. The normalized spacial score (nSPS) is 14.7. The lowest BCUT2D eigenvalue weighted by molar-refractivity contribution is 0.0600. The second-order valence-corrected chi connectivity index (χ2v) is 5.39. The molecule has 0 radical (unpaired) electrons. The number of methoxy groups -OCH3 is 1. The highest BCUT2D eigenvalue weighted by atomic mass is 16.5. The topological polar surface area (TPSA) is 65.9 Å². The quantitative estimate of drug-likeness (QED) is 0.873. The van der Waals surface area contributed by atoms with Crippen LogP contribution in [0.25, 0.3) is 0 Å². The fourth-order valence-corrected chi connectivity index (χ4v) is 2.67. The second kappa shape index (κ2) is 6.56. The number of pyridine rings is 1. The first-order valence-electron chi connectivity index (χ1n) is 7.50. The molecule has 1 aliphatic heterocycles. The van der Waals surface area contributed by atoms with Gasteiger partial charge in [-0.25, -0.2) is 9.78 Å². The average molecular weight is 313 g/mol. The fourth-order valence-electron chi connectivity index (χ4n) is 2.67. The molecule has 0 aliphatic carbocycles. The first kappa shape index (κ1) is 15.1. The van der Waals surface area contributed by atoms with E-state index in [0.717, 1.165) is 37.7 Å². The van der Waals surface area contributed by atoms with E-state index in [1.807, 2.05) is 18.2 Å². The third kappa shape index (κ3) is 3.36. The zero-order chi connectivity index (χ0) is 16.2. The predicted molar refractivity (Wildman–Crippen MR) is 88.1 cm³/mol. The lowest BCUT2D eigenvalue weighted by Gasteiger charge is -2.36. The van der Waals surface area contributed by atoms with Gasteiger partial charge in [0.2, 0.25) is 0 Å². The van der Waals surface area contributed by atoms with E-state index in [4.69, 9.17) is 0 Å². The summed E-state index contributed by atoms with van der Waals surface area (Å²) in [5.74, 6) is 0.770. The van der Waals surface area contributed by atoms with Crippen molar-refractivity contribution in [1.29, 1.82) is 0 Å². The smallest absolute Gasteiger partial charge is 0.339 e. The molecule has 2 aromatic rings. The van der Waals surface area contributed by atoms with Gasteiger partial charge in [-0.1, -0.05) is 0 Å². The van der Waals surface area contributed by atoms with Crippen LogP contribution < -0.4 is 9.80 Å². The number of carbonyl (C=O) groups is 1. The highest BCUT2D eigenvalue weighted by Crippen LogP contribution is 2.21. The molecular formula is C17H19N3O3. The molecule has 1 aromatic heterocycles. The maximum atomic E-state index is 11.4. The third-order valence-electron chi connectivity index (χ3n) is 3.99. The van der Waals surface area contributed by atoms with Crippen molar-refractivity contribution in [3.63, 3.8) is 0 Å². The van der Waals surface area contributed by atoms with Crippen LogP contribution in [-0.4, -0.2) is 49.3 Å². The molecule has 120 valence electrons. The van der Waals surface area contributed by atoms with Crippen molar-refractivity contribution in [3.8, 4) is 5.75 Å². The van der Waals surface area contributed by atoms with Crippen molar-refractivity contribution in [2.45, 2.75) is 0 Å². The number of ether oxygens (including phenoxy) is 1. The summed E-state index contributed by atoms with van der Waals surface area (Å²) in [7, 11) is 1.36. The largest absolute Gasteiger partial charge is 0.508 e. The number of nitrogens with zero attached hydrogens (tertiary/aromatic N) is 3. The number of rotatable bonds is 3. The molecule has 6 heteroatoms. The van der Waals surface area contributed by atoms with Crippen LogP contribution in [0, 0.1) is 0 Å². The number of esters is 1. The number of carbonyl (C=O) groups excluding carboxylic acids is 1. The van der Waals surface area contributed by atoms with Crippen LogP contribution in [0.1, 0.15) is 10.4 Å². The number of anilines is 2. The zero-order valence-corrected chi connectivity index (χ0v) is 13.0. The number of hydrogen-bond acceptors (Lipinski definition) is 6. The highest BCUT2D eigenvalue weighted by molar-refractivity contribution is 5.89. The Morgan fingerprint density at radius 2 is 1.70 bits per heavy atom. The maximum absolute atomic E-state index is 11.4. The Morgan fingerprint density at radius 1 is 1.04 bits per heavy atom. The molecule has 0 bridgehead atoms. The first-order valence-corrected chi connectivity index (χ1v) is 7.50. The third-order valence-corrected chi connectivity index (χ3v) is 3.99. The maximum Gasteiger partial charge on any atom is 0.339 e. The van der Waals surface area contributed by atoms with Crippen molar-refractivity contribution in [2.75, 3.05) is 43.1 Å². The van der Waals surface area contributed by atoms with Crippen LogP contribution in [0.5, 0.6) is 5.75 Å². The number of phenols is 1. The molecule has 0 amide bonds. The van der Waals surface area contributed by atoms with Crippen molar-refractivity contribution in [1.82, 2.24) is 4.98 Å². The molecule has 3 rings (SSSR count). The summed E-state index contributed by atoms with van der Waals surface area (Å²) in [4.78, 5) is 20.2. The van der Waals surface area contributed by atoms with Gasteiger partial charge >= 0.3 is 5.97 Å². The van der Waals surface area contributed by atoms with E-state index in [0.29, 0.717) is 5.56 Å². The molecule has 1 N–H and O–H groups in total. The molecule has 2 heterocycles. The molecule has 6 nitrogen and oxygen atoms in total. The molecule has 1 saturated heterocycles. The van der Waals surface area contributed by atoms with Crippen LogP contribution in [0.4, 0.5) is 11.5 Å². The van der Waals surface area contributed by atoms with Gasteiger partial charge in [-0.05, 0) is 36.4 Å². The molecule has 0 unspecified atom stereocenters. The van der Waals surface area contributed by atoms with Crippen LogP contribution in [-0.2, 0) is 4.74 Å². The number of benzene rings is 1. The Kier molecular flexibility index (Phi) is 4.32. The SMILES string of the molecule is COC(=O)c1ccc(N2CCN(c3ccc(O)cc3)CC2)nc1. The Bertz CT molecular complexity index is 662. The van der Waals surface area contributed by atoms with Crippen LogP contribution in [0.2, 0.25) is 0 Å². The lowest BCUT2D eigenvalue weighted by atomic mass is 10.2. The Hall–Kier alpha value is -2.76. The second-order valence-electron chi connectivity index (χ2n) is 5.39. The van der Waals surface area contributed by atoms with E-state index in [1.54, 1.807) is 24.4 Å². The minimum Gasteiger partial charge on any atom is -0.508 e. The van der Waals surface area contributed by atoms with Gasteiger partial charge in [0, 0.05) is 38.1 Å². The van der Waals surface area contributed by atoms with Crippen LogP contribution in [0.15, 0.2) is 42.6 Å². The van der Waals surface area contributed by atoms with Crippen molar-refractivity contribution < 1.29 is 14.6 Å². The van der Waals surface area contributed by atoms with Crippen LogP contribution >= 0.6 is 0 Å². The number of hydrogen-bond donors (Lipinski definition) is 1. The standard InChI is InChI=1S/C17H19N3O3/c1-23-17(22)13-2-7-16(18-12-13)20-10-8-19(9-11-20)14-3-5-15(21)6-4-14/h2-7,12,21H,8-11H2,1H3. The molecule has 1 fully saturated rings. The molecule has 23 heavy (non-hydrogen) atoms. The van der Waals surface area contributed by atoms with E-state index in [9.17, 15) is 9.90 Å². The fraction of sp³-hybridized carbons (Fsp3) is 0.294. The number of aromatic nitrogens is 1. The number of phenolic OH excluding ortho intramolecular Hbond substituents is 1. The van der Waals surface area contributed by atoms with Gasteiger partial charge < -0.3 is 19.6 Å². The van der Waals surface area contributed by atoms with E-state index in [-0.39, 0.29) is 11.7 Å². The van der Waals surface area contributed by atoms with Crippen molar-refractivity contribution >= 4 is 17.5 Å². The van der Waals surface area contributed by atoms with Gasteiger partial charge in [0.15, 0.2) is 0 Å². The molecule has 1 aromatic carbocycles. The van der Waals surface area contributed by atoms with Gasteiger partial charge in [-0.3, -0.25) is 0 Å². The molecule has 0 saturated carbocycles. The monoisotopic (exact) mass is 313 g/mol. The summed E-state index contributed by atoms with van der Waals surface area (Å²) in [6.07, 6.45) is 1.55. The van der Waals surface area contributed by atoms with E-state index in [2.05, 4.69) is 19.5 Å². The Balaban J connectivity index is 1.62. The summed E-state index contributed by atoms with van der Waals surface area (Å²) in [5, 5.41) is 9.36. The van der Waals surface area contributed by atoms with E-state index in [1.165, 1.54) is 7.11 Å². The highest BCUT2D eigenvalue weighted by Gasteiger charge is 2.18. The van der Waals surface area contributed by atoms with Gasteiger partial charge in [0.05, 0.1) is 12.7 Å². The summed E-state index contributed by atoms with van der Waals surface area (Å²) >= 11 is 0. The predicted octanol–water partition coefficient (Wildman–Crippen LogP) is 1.90. The Labute approximate surface area is 134 Å². The van der Waals surface area contributed by atoms with Gasteiger partial charge in [-0.2, -0.15) is 0 Å². The lowest BCUT2D eigenvalue weighted by Crippen LogP contribution is -2.46. The Morgan fingerprint density at radius 3 is 2.26 bits per heavy atom. The van der Waals surface area contributed by atoms with E-state index >= 15 is 0 Å². The van der Waals surface area contributed by atoms with E-state index < -0.39 is 0 Å². The average Bonchev–Trinajstić information content (AvgIpc) is 2.62. The first-order chi connectivity index (χ1) is 11.2. The van der Waals surface area contributed by atoms with Gasteiger partial charge in [-0.15, -0.1) is 0 Å². The summed E-state index contributed by atoms with van der Waals surface area (Å²) in [6, 6.07) is 10.8. The summed E-state index contributed by atoms with van der Waals surface area (Å²) in [5.41, 5.74) is 1.57. The molecule has 1 aliphatic rings. The summed E-state index contributed by atoms with van der Waals surface area (Å²) < 4.78 is 4.68. The zero-order valence-electron chi connectivity index (χ0n) is 13.0. The van der Waals surface area contributed by atoms with Crippen molar-refractivity contribution in [3.05, 3.63) is 48.2 Å². The number of piperazine rings is 1. The number of aromatic hydroxyl groups is 1. The van der Waals surface area contributed by atoms with Gasteiger partial charge in [0.1, 0.15) is 11.6 Å².